The first kappa shape index (κ1) is 34.0. The molecular weight excluding hydrogens is 658 g/mol. The van der Waals surface area contributed by atoms with Gasteiger partial charge in [0, 0.05) is 80.1 Å². The third-order valence-electron chi connectivity index (χ3n) is 9.15. The molecule has 0 unspecified atom stereocenters. The molecule has 0 radical (unpaired) electrons. The average molecular weight is 696 g/mol. The van der Waals surface area contributed by atoms with Crippen molar-refractivity contribution in [3.8, 4) is 23.1 Å². The zero-order chi connectivity index (χ0) is 34.0. The Morgan fingerprint density at radius 2 is 1.85 bits per heavy atom. The van der Waals surface area contributed by atoms with E-state index in [-0.39, 0.29) is 19.5 Å². The van der Waals surface area contributed by atoms with Crippen LogP contribution < -0.4 is 0 Å². The van der Waals surface area contributed by atoms with Crippen LogP contribution in [0, 0.1) is 11.8 Å². The lowest BCUT2D eigenvalue weighted by Gasteiger charge is -2.33. The van der Waals surface area contributed by atoms with E-state index in [1.54, 1.807) is 6.07 Å². The van der Waals surface area contributed by atoms with Crippen molar-refractivity contribution < 1.29 is 32.6 Å². The maximum Gasteiger partial charge on any atom is 0.408 e. The number of methoxy groups -OCH3 is 1. The second kappa shape index (κ2) is 14.3. The van der Waals surface area contributed by atoms with Crippen molar-refractivity contribution in [3.63, 3.8) is 0 Å². The predicted molar refractivity (Wildman–Crippen MR) is 179 cm³/mol. The number of esters is 1. The Labute approximate surface area is 285 Å². The highest BCUT2D eigenvalue weighted by Gasteiger charge is 2.35. The second-order valence-corrected chi connectivity index (χ2v) is 14.6. The number of aryl methyl sites for hydroxylation is 1. The Morgan fingerprint density at radius 1 is 1.06 bits per heavy atom. The van der Waals surface area contributed by atoms with E-state index in [1.807, 2.05) is 35.0 Å². The monoisotopic (exact) mass is 695 g/mol. The summed E-state index contributed by atoms with van der Waals surface area (Å²) in [5, 5.41) is 15.2. The molecule has 3 aliphatic rings. The number of benzene rings is 2. The number of nitrogens with zero attached hydrogens (tertiary/aromatic N) is 5. The van der Waals surface area contributed by atoms with Crippen LogP contribution in [0.5, 0.6) is 0 Å². The number of carbonyl (C=O) groups excluding carboxylic acids is 1. The average Bonchev–Trinajstić information content (AvgIpc) is 3.44. The molecule has 6 rings (SSSR count). The molecule has 0 bridgehead atoms. The molecule has 1 aromatic heterocycles. The van der Waals surface area contributed by atoms with Crippen molar-refractivity contribution in [2.75, 3.05) is 52.8 Å². The molecule has 1 fully saturated rings. The Balaban J connectivity index is 1.28. The number of morpholine rings is 1. The fourth-order valence-electron chi connectivity index (χ4n) is 6.55. The Kier molecular flexibility index (Phi) is 10.1. The lowest BCUT2D eigenvalue weighted by Crippen LogP contribution is -2.48. The van der Waals surface area contributed by atoms with E-state index in [2.05, 4.69) is 16.7 Å². The zero-order valence-corrected chi connectivity index (χ0v) is 28.5. The summed E-state index contributed by atoms with van der Waals surface area (Å²) in [7, 11) is -2.15. The highest BCUT2D eigenvalue weighted by atomic mass is 35.5. The number of carboxylic acid groups (broad SMARTS) is 1. The minimum atomic E-state index is -3.39. The lowest BCUT2D eigenvalue weighted by atomic mass is 9.92. The van der Waals surface area contributed by atoms with Gasteiger partial charge in [-0.1, -0.05) is 35.6 Å². The third-order valence-corrected chi connectivity index (χ3v) is 10.7. The molecule has 3 aliphatic heterocycles. The summed E-state index contributed by atoms with van der Waals surface area (Å²) in [4.78, 5) is 27.6. The summed E-state index contributed by atoms with van der Waals surface area (Å²) in [5.41, 5.74) is 6.33. The van der Waals surface area contributed by atoms with Gasteiger partial charge in [0.25, 0.3) is 0 Å². The van der Waals surface area contributed by atoms with Crippen LogP contribution in [-0.2, 0) is 56.8 Å². The largest absolute Gasteiger partial charge is 0.467 e. The number of sulfonamides is 1. The predicted octanol–water partition coefficient (Wildman–Crippen LogP) is 3.22. The smallest absolute Gasteiger partial charge is 0.408 e. The molecule has 1 atom stereocenters. The van der Waals surface area contributed by atoms with Crippen LogP contribution in [0.1, 0.15) is 39.9 Å². The highest BCUT2D eigenvalue weighted by Crippen LogP contribution is 2.33. The number of aromatic nitrogens is 2. The molecule has 12 nitrogen and oxygen atoms in total. The number of hydrogen-bond acceptors (Lipinski definition) is 8. The molecular formula is C34H38ClN5O7S. The first-order chi connectivity index (χ1) is 23.0. The van der Waals surface area contributed by atoms with Gasteiger partial charge in [0.05, 0.1) is 43.8 Å². The molecule has 0 saturated carbocycles. The van der Waals surface area contributed by atoms with Crippen LogP contribution in [0.15, 0.2) is 36.4 Å². The van der Waals surface area contributed by atoms with Gasteiger partial charge in [0.15, 0.2) is 0 Å². The highest BCUT2D eigenvalue weighted by molar-refractivity contribution is 7.88. The van der Waals surface area contributed by atoms with Gasteiger partial charge in [-0.25, -0.2) is 18.0 Å². The fourth-order valence-corrected chi connectivity index (χ4v) is 7.50. The zero-order valence-electron chi connectivity index (χ0n) is 26.9. The van der Waals surface area contributed by atoms with Gasteiger partial charge in [0.1, 0.15) is 6.04 Å². The van der Waals surface area contributed by atoms with Crippen molar-refractivity contribution in [3.05, 3.63) is 74.9 Å². The Bertz CT molecular complexity index is 1890. The molecule has 2 aromatic carbocycles. The van der Waals surface area contributed by atoms with Crippen LogP contribution >= 0.6 is 11.6 Å². The summed E-state index contributed by atoms with van der Waals surface area (Å²) in [6.07, 6.45) is 1.74. The normalized spacial score (nSPS) is 18.4. The van der Waals surface area contributed by atoms with Gasteiger partial charge >= 0.3 is 12.1 Å². The maximum absolute atomic E-state index is 12.5. The van der Waals surface area contributed by atoms with E-state index in [4.69, 9.17) is 26.2 Å². The summed E-state index contributed by atoms with van der Waals surface area (Å²) in [6, 6.07) is 10.2. The summed E-state index contributed by atoms with van der Waals surface area (Å²) in [5.74, 6) is 5.73. The third kappa shape index (κ3) is 7.38. The number of rotatable bonds is 7. The van der Waals surface area contributed by atoms with Crippen molar-refractivity contribution >= 4 is 33.7 Å². The number of halogens is 1. The minimum Gasteiger partial charge on any atom is -0.467 e. The number of fused-ring (bicyclic) bond motifs is 2. The standard InChI is InChI=1S/C34H38ClN5O7S/c1-46-33(41)31-20-24-6-4-23(18-27(24)21-39(31)34(42)43)5-7-25-19-26(8-9-29(25)35)32-28-22-38(48(2,44)45)13-10-30(28)40(36-32)12-3-11-37-14-16-47-17-15-37/h4,6,8-9,18-19,31H,3,10-17,20-22H2,1-2H3,(H,42,43)/t31-/m1/s1. The van der Waals surface area contributed by atoms with E-state index in [0.717, 1.165) is 78.7 Å². The molecule has 1 N–H and O–H groups in total. The van der Waals surface area contributed by atoms with E-state index < -0.39 is 28.1 Å². The first-order valence-corrected chi connectivity index (χ1v) is 18.1. The van der Waals surface area contributed by atoms with Gasteiger partial charge < -0.3 is 14.6 Å². The summed E-state index contributed by atoms with van der Waals surface area (Å²) < 4.78 is 38.8. The molecule has 254 valence electrons. The van der Waals surface area contributed by atoms with E-state index >= 15 is 0 Å². The van der Waals surface area contributed by atoms with E-state index in [9.17, 15) is 23.1 Å². The summed E-state index contributed by atoms with van der Waals surface area (Å²) >= 11 is 6.61. The molecule has 1 amide bonds. The molecule has 48 heavy (non-hydrogen) atoms. The van der Waals surface area contributed by atoms with Crippen molar-refractivity contribution in [2.24, 2.45) is 0 Å². The molecule has 3 aromatic rings. The van der Waals surface area contributed by atoms with Crippen LogP contribution in [0.2, 0.25) is 5.02 Å². The maximum atomic E-state index is 12.5. The number of ether oxygens (including phenoxy) is 2. The quantitative estimate of drug-likeness (QED) is 0.292. The molecule has 14 heteroatoms. The number of amides is 1. The Morgan fingerprint density at radius 3 is 2.58 bits per heavy atom. The lowest BCUT2D eigenvalue weighted by molar-refractivity contribution is -0.146. The number of hydrogen-bond donors (Lipinski definition) is 1. The van der Waals surface area contributed by atoms with E-state index in [1.165, 1.54) is 17.7 Å². The molecule has 0 spiro atoms. The van der Waals surface area contributed by atoms with Crippen LogP contribution in [0.25, 0.3) is 11.3 Å². The van der Waals surface area contributed by atoms with Crippen LogP contribution in [0.3, 0.4) is 0 Å². The van der Waals surface area contributed by atoms with Crippen molar-refractivity contribution in [1.29, 1.82) is 0 Å². The topological polar surface area (TPSA) is 135 Å². The van der Waals surface area contributed by atoms with Crippen molar-refractivity contribution in [1.82, 2.24) is 23.9 Å². The van der Waals surface area contributed by atoms with Crippen molar-refractivity contribution in [2.45, 2.75) is 44.9 Å². The van der Waals surface area contributed by atoms with Crippen LogP contribution in [-0.4, -0.2) is 108 Å². The fraction of sp³-hybridized carbons (Fsp3) is 0.441. The second-order valence-electron chi connectivity index (χ2n) is 12.2. The van der Waals surface area contributed by atoms with Gasteiger partial charge in [-0.05, 0) is 41.8 Å². The summed E-state index contributed by atoms with van der Waals surface area (Å²) in [6.45, 7) is 5.69. The van der Waals surface area contributed by atoms with Gasteiger partial charge in [-0.2, -0.15) is 9.40 Å². The molecule has 1 saturated heterocycles. The van der Waals surface area contributed by atoms with Gasteiger partial charge in [0.2, 0.25) is 10.0 Å². The van der Waals surface area contributed by atoms with Gasteiger partial charge in [-0.3, -0.25) is 14.5 Å². The van der Waals surface area contributed by atoms with Crippen LogP contribution in [0.4, 0.5) is 4.79 Å². The van der Waals surface area contributed by atoms with Gasteiger partial charge in [-0.15, -0.1) is 0 Å². The first-order valence-electron chi connectivity index (χ1n) is 15.9. The SMILES string of the molecule is COC(=O)[C@H]1Cc2ccc(C#Cc3cc(-c4nn(CCCN5CCOCC5)c5c4CN(S(C)(=O)=O)CC5)ccc3Cl)cc2CN1C(=O)O. The molecule has 4 heterocycles. The minimum absolute atomic E-state index is 0.0426. The molecule has 0 aliphatic carbocycles. The number of carbonyl (C=O) groups is 2. The van der Waals surface area contributed by atoms with E-state index in [0.29, 0.717) is 34.8 Å². The Hall–Kier alpha value is -3.93.